The summed E-state index contributed by atoms with van der Waals surface area (Å²) in [7, 11) is 0. The third-order valence-corrected chi connectivity index (χ3v) is 1.28. The first-order valence-corrected chi connectivity index (χ1v) is 2.60. The summed E-state index contributed by atoms with van der Waals surface area (Å²) in [5.74, 6) is -2.21. The second-order valence-electron chi connectivity index (χ2n) is 2.07. The zero-order valence-corrected chi connectivity index (χ0v) is 5.30. The normalized spacial score (nSPS) is 27.8. The van der Waals surface area contributed by atoms with Crippen molar-refractivity contribution in [3.8, 4) is 0 Å². The molecule has 0 atom stereocenters. The quantitative estimate of drug-likeness (QED) is 0.512. The third-order valence-electron chi connectivity index (χ3n) is 1.28. The van der Waals surface area contributed by atoms with E-state index in [2.05, 4.69) is 4.74 Å². The van der Waals surface area contributed by atoms with E-state index in [1.54, 1.807) is 0 Å². The van der Waals surface area contributed by atoms with E-state index in [1.165, 1.54) is 0 Å². The molecule has 0 aromatic heterocycles. The van der Waals surface area contributed by atoms with Crippen LogP contribution in [0.3, 0.4) is 0 Å². The highest BCUT2D eigenvalue weighted by molar-refractivity contribution is 5.20. The van der Waals surface area contributed by atoms with Gasteiger partial charge in [-0.1, -0.05) is 0 Å². The van der Waals surface area contributed by atoms with Gasteiger partial charge in [-0.3, -0.25) is 0 Å². The molecule has 0 aromatic rings. The molecule has 1 nitrogen and oxygen atoms in total. The van der Waals surface area contributed by atoms with Gasteiger partial charge in [0, 0.05) is 0 Å². The minimum absolute atomic E-state index is 0.552. The molecule has 64 valence electrons. The SMILES string of the molecule is CC1=C(F)C(F)(F)OC1(F)F. The Bertz CT molecular complexity index is 197. The second kappa shape index (κ2) is 1.94. The monoisotopic (exact) mass is 174 g/mol. The van der Waals surface area contributed by atoms with Crippen LogP contribution in [-0.2, 0) is 4.74 Å². The number of hydrogen-bond donors (Lipinski definition) is 0. The highest BCUT2D eigenvalue weighted by Crippen LogP contribution is 2.46. The van der Waals surface area contributed by atoms with E-state index < -0.39 is 23.6 Å². The molecule has 0 aromatic carbocycles. The van der Waals surface area contributed by atoms with Gasteiger partial charge in [0.25, 0.3) is 0 Å². The molecule has 0 N–H and O–H groups in total. The first kappa shape index (κ1) is 8.45. The van der Waals surface area contributed by atoms with Gasteiger partial charge in [-0.15, -0.1) is 0 Å². The van der Waals surface area contributed by atoms with Crippen LogP contribution >= 0.6 is 0 Å². The van der Waals surface area contributed by atoms with Crippen molar-refractivity contribution >= 4 is 0 Å². The second-order valence-corrected chi connectivity index (χ2v) is 2.07. The van der Waals surface area contributed by atoms with E-state index in [1.807, 2.05) is 0 Å². The lowest BCUT2D eigenvalue weighted by Crippen LogP contribution is -2.24. The van der Waals surface area contributed by atoms with E-state index in [9.17, 15) is 22.0 Å². The van der Waals surface area contributed by atoms with Crippen LogP contribution in [0.5, 0.6) is 0 Å². The van der Waals surface area contributed by atoms with Crippen LogP contribution in [0.2, 0.25) is 0 Å². The van der Waals surface area contributed by atoms with E-state index in [0.29, 0.717) is 6.92 Å². The van der Waals surface area contributed by atoms with Crippen molar-refractivity contribution in [2.45, 2.75) is 19.1 Å². The van der Waals surface area contributed by atoms with E-state index in [0.717, 1.165) is 0 Å². The maximum Gasteiger partial charge on any atom is 0.414 e. The first-order valence-electron chi connectivity index (χ1n) is 2.60. The lowest BCUT2D eigenvalue weighted by atomic mass is 10.3. The standard InChI is InChI=1S/C5H3F5O/c1-2-3(6)5(9,10)11-4(2,7)8/h1H3. The Morgan fingerprint density at radius 3 is 1.64 bits per heavy atom. The van der Waals surface area contributed by atoms with Gasteiger partial charge in [0.2, 0.25) is 5.83 Å². The predicted molar refractivity (Wildman–Crippen MR) is 24.8 cm³/mol. The van der Waals surface area contributed by atoms with Crippen molar-refractivity contribution in [1.29, 1.82) is 0 Å². The van der Waals surface area contributed by atoms with Crippen LogP contribution in [-0.4, -0.2) is 12.2 Å². The molecule has 0 spiro atoms. The molecule has 0 aliphatic carbocycles. The van der Waals surface area contributed by atoms with Crippen molar-refractivity contribution in [2.75, 3.05) is 0 Å². The Morgan fingerprint density at radius 1 is 1.09 bits per heavy atom. The summed E-state index contributed by atoms with van der Waals surface area (Å²) in [4.78, 5) is 0. The number of hydrogen-bond acceptors (Lipinski definition) is 1. The zero-order chi connectivity index (χ0) is 8.86. The van der Waals surface area contributed by atoms with Crippen LogP contribution in [0, 0.1) is 0 Å². The van der Waals surface area contributed by atoms with Crippen molar-refractivity contribution in [1.82, 2.24) is 0 Å². The molecule has 0 saturated heterocycles. The molecule has 0 bridgehead atoms. The van der Waals surface area contributed by atoms with Gasteiger partial charge in [-0.25, -0.2) is 9.13 Å². The first-order chi connectivity index (χ1) is 4.77. The fourth-order valence-corrected chi connectivity index (χ4v) is 0.628. The van der Waals surface area contributed by atoms with Crippen molar-refractivity contribution in [3.63, 3.8) is 0 Å². The Morgan fingerprint density at radius 2 is 1.55 bits per heavy atom. The summed E-state index contributed by atoms with van der Waals surface area (Å²) in [6.45, 7) is 0.552. The van der Waals surface area contributed by atoms with E-state index in [4.69, 9.17) is 0 Å². The van der Waals surface area contributed by atoms with Gasteiger partial charge in [0.15, 0.2) is 0 Å². The molecule has 6 heteroatoms. The van der Waals surface area contributed by atoms with Crippen molar-refractivity contribution < 1.29 is 26.7 Å². The maximum absolute atomic E-state index is 12.1. The molecular weight excluding hydrogens is 171 g/mol. The minimum atomic E-state index is -4.48. The predicted octanol–water partition coefficient (Wildman–Crippen LogP) is 2.45. The molecule has 0 fully saturated rings. The van der Waals surface area contributed by atoms with Crippen LogP contribution in [0.1, 0.15) is 6.92 Å². The lowest BCUT2D eigenvalue weighted by Gasteiger charge is -2.11. The Kier molecular flexibility index (Phi) is 1.49. The summed E-state index contributed by atoms with van der Waals surface area (Å²) in [6.07, 6.45) is -8.67. The summed E-state index contributed by atoms with van der Waals surface area (Å²) < 4.78 is 63.0. The fourth-order valence-electron chi connectivity index (χ4n) is 0.628. The molecule has 0 unspecified atom stereocenters. The number of halogens is 5. The Labute approximate surface area is 58.4 Å². The Balaban J connectivity index is 3.09. The van der Waals surface area contributed by atoms with Crippen LogP contribution in [0.25, 0.3) is 0 Å². The molecule has 11 heavy (non-hydrogen) atoms. The highest BCUT2D eigenvalue weighted by atomic mass is 19.3. The van der Waals surface area contributed by atoms with Gasteiger partial charge in [-0.05, 0) is 6.92 Å². The van der Waals surface area contributed by atoms with Gasteiger partial charge in [0.1, 0.15) is 0 Å². The van der Waals surface area contributed by atoms with Gasteiger partial charge >= 0.3 is 12.2 Å². The molecule has 1 aliphatic heterocycles. The lowest BCUT2D eigenvalue weighted by molar-refractivity contribution is -0.326. The smallest absolute Gasteiger partial charge is 0.246 e. The van der Waals surface area contributed by atoms with E-state index in [-0.39, 0.29) is 0 Å². The molecule has 1 heterocycles. The zero-order valence-electron chi connectivity index (χ0n) is 5.30. The van der Waals surface area contributed by atoms with Crippen LogP contribution in [0.15, 0.2) is 11.4 Å². The van der Waals surface area contributed by atoms with Crippen LogP contribution < -0.4 is 0 Å². The minimum Gasteiger partial charge on any atom is -0.246 e. The molecule has 1 rings (SSSR count). The summed E-state index contributed by atoms with van der Waals surface area (Å²) in [5, 5.41) is 0. The molecule has 0 radical (unpaired) electrons. The van der Waals surface area contributed by atoms with E-state index >= 15 is 0 Å². The number of ether oxygens (including phenoxy) is 1. The summed E-state index contributed by atoms with van der Waals surface area (Å²) in [6, 6.07) is 0. The molecule has 1 aliphatic rings. The maximum atomic E-state index is 12.1. The largest absolute Gasteiger partial charge is 0.414 e. The van der Waals surface area contributed by atoms with Gasteiger partial charge in [-0.2, -0.15) is 17.6 Å². The molecule has 0 amide bonds. The summed E-state index contributed by atoms with van der Waals surface area (Å²) in [5.41, 5.74) is -1.37. The van der Waals surface area contributed by atoms with Crippen molar-refractivity contribution in [2.24, 2.45) is 0 Å². The highest BCUT2D eigenvalue weighted by Gasteiger charge is 2.58. The molecular formula is C5H3F5O. The summed E-state index contributed by atoms with van der Waals surface area (Å²) >= 11 is 0. The average molecular weight is 174 g/mol. The molecule has 0 saturated carbocycles. The van der Waals surface area contributed by atoms with Crippen molar-refractivity contribution in [3.05, 3.63) is 11.4 Å². The van der Waals surface area contributed by atoms with Crippen LogP contribution in [0.4, 0.5) is 22.0 Å². The Hall–Kier alpha value is -0.650. The number of alkyl halides is 4. The fraction of sp³-hybridized carbons (Fsp3) is 0.600. The average Bonchev–Trinajstić information content (AvgIpc) is 1.91. The third kappa shape index (κ3) is 1.11. The number of rotatable bonds is 0. The van der Waals surface area contributed by atoms with Gasteiger partial charge in [0.05, 0.1) is 5.57 Å². The topological polar surface area (TPSA) is 9.23 Å². The van der Waals surface area contributed by atoms with Gasteiger partial charge < -0.3 is 0 Å².